The quantitative estimate of drug-likeness (QED) is 0.448. The summed E-state index contributed by atoms with van der Waals surface area (Å²) in [6.45, 7) is 1.67. The van der Waals surface area contributed by atoms with Gasteiger partial charge >= 0.3 is 6.18 Å². The topological polar surface area (TPSA) is 75.9 Å². The van der Waals surface area contributed by atoms with Gasteiger partial charge < -0.3 is 4.90 Å². The molecule has 1 N–H and O–H groups in total. The Morgan fingerprint density at radius 1 is 1.18 bits per heavy atom. The van der Waals surface area contributed by atoms with Gasteiger partial charge in [-0.1, -0.05) is 12.1 Å². The number of fused-ring (bicyclic) bond motifs is 1. The summed E-state index contributed by atoms with van der Waals surface area (Å²) in [6, 6.07) is 8.33. The first-order chi connectivity index (χ1) is 15.8. The number of halogens is 3. The Labute approximate surface area is 194 Å². The van der Waals surface area contributed by atoms with Crippen LogP contribution < -0.4 is 5.32 Å². The maximum Gasteiger partial charge on any atom is 0.416 e. The van der Waals surface area contributed by atoms with Crippen LogP contribution in [0.25, 0.3) is 16.4 Å². The lowest BCUT2D eigenvalue weighted by atomic mass is 10.2. The number of carbonyl (C=O) groups excluding carboxylic acids is 1. The summed E-state index contributed by atoms with van der Waals surface area (Å²) in [4.78, 5) is 25.7. The summed E-state index contributed by atoms with van der Waals surface area (Å²) in [7, 11) is 2.03. The summed E-state index contributed by atoms with van der Waals surface area (Å²) in [5, 5.41) is 9.26. The number of alkyl halides is 3. The van der Waals surface area contributed by atoms with Crippen LogP contribution in [-0.4, -0.2) is 44.1 Å². The van der Waals surface area contributed by atoms with Crippen molar-refractivity contribution in [3.05, 3.63) is 63.7 Å². The molecule has 33 heavy (non-hydrogen) atoms. The fourth-order valence-corrected chi connectivity index (χ4v) is 5.28. The Morgan fingerprint density at radius 3 is 2.79 bits per heavy atom. The predicted octanol–water partition coefficient (Wildman–Crippen LogP) is 4.71. The summed E-state index contributed by atoms with van der Waals surface area (Å²) in [5.41, 5.74) is 0.319. The molecule has 0 atom stereocenters. The van der Waals surface area contributed by atoms with Crippen molar-refractivity contribution in [1.29, 1.82) is 0 Å². The van der Waals surface area contributed by atoms with Crippen molar-refractivity contribution in [2.24, 2.45) is 0 Å². The Kier molecular flexibility index (Phi) is 5.51. The van der Waals surface area contributed by atoms with Crippen LogP contribution in [0.5, 0.6) is 0 Å². The average molecular weight is 491 g/mol. The maximum atomic E-state index is 13.2. The van der Waals surface area contributed by atoms with E-state index in [1.807, 2.05) is 12.4 Å². The highest BCUT2D eigenvalue weighted by Gasteiger charge is 2.31. The largest absolute Gasteiger partial charge is 0.416 e. The van der Waals surface area contributed by atoms with E-state index in [0.717, 1.165) is 42.2 Å². The van der Waals surface area contributed by atoms with E-state index in [9.17, 15) is 18.0 Å². The zero-order chi connectivity index (χ0) is 23.2. The summed E-state index contributed by atoms with van der Waals surface area (Å²) < 4.78 is 41.0. The second kappa shape index (κ2) is 8.36. The maximum absolute atomic E-state index is 13.2. The van der Waals surface area contributed by atoms with Gasteiger partial charge in [-0.05, 0) is 36.7 Å². The Morgan fingerprint density at radius 2 is 2.03 bits per heavy atom. The Bertz CT molecular complexity index is 1310. The van der Waals surface area contributed by atoms with Gasteiger partial charge in [0.25, 0.3) is 5.91 Å². The second-order valence-corrected chi connectivity index (χ2v) is 9.56. The highest BCUT2D eigenvalue weighted by atomic mass is 32.1. The van der Waals surface area contributed by atoms with Crippen molar-refractivity contribution in [3.63, 3.8) is 0 Å². The van der Waals surface area contributed by atoms with Gasteiger partial charge in [0.15, 0.2) is 11.0 Å². The number of aromatic nitrogens is 4. The third kappa shape index (κ3) is 4.41. The van der Waals surface area contributed by atoms with Crippen LogP contribution in [0.4, 0.5) is 18.3 Å². The molecule has 0 spiro atoms. The SMILES string of the molecule is CN1CCc2nc(NC(=O)c3nc(-c4cccs4)n(-c4cccc(C(F)(F)F)c4)n3)sc2C1. The minimum absolute atomic E-state index is 0.152. The van der Waals surface area contributed by atoms with Crippen molar-refractivity contribution in [1.82, 2.24) is 24.6 Å². The van der Waals surface area contributed by atoms with Crippen LogP contribution in [0, 0.1) is 0 Å². The first-order valence-corrected chi connectivity index (χ1v) is 11.6. The summed E-state index contributed by atoms with van der Waals surface area (Å²) >= 11 is 2.75. The van der Waals surface area contributed by atoms with Gasteiger partial charge in [-0.3, -0.25) is 10.1 Å². The third-order valence-electron chi connectivity index (χ3n) is 5.11. The Balaban J connectivity index is 1.49. The number of likely N-dealkylation sites (N-methyl/N-ethyl adjacent to an activating group) is 1. The zero-order valence-electron chi connectivity index (χ0n) is 17.3. The van der Waals surface area contributed by atoms with E-state index in [-0.39, 0.29) is 17.3 Å². The lowest BCUT2D eigenvalue weighted by Crippen LogP contribution is -2.25. The van der Waals surface area contributed by atoms with Crippen molar-refractivity contribution >= 4 is 33.7 Å². The van der Waals surface area contributed by atoms with Gasteiger partial charge in [0.1, 0.15) is 0 Å². The second-order valence-electron chi connectivity index (χ2n) is 7.53. The van der Waals surface area contributed by atoms with Crippen molar-refractivity contribution in [2.45, 2.75) is 19.1 Å². The predicted molar refractivity (Wildman–Crippen MR) is 120 cm³/mol. The van der Waals surface area contributed by atoms with E-state index < -0.39 is 17.6 Å². The lowest BCUT2D eigenvalue weighted by Gasteiger charge is -2.20. The van der Waals surface area contributed by atoms with E-state index in [2.05, 4.69) is 25.3 Å². The zero-order valence-corrected chi connectivity index (χ0v) is 18.9. The molecule has 0 unspecified atom stereocenters. The number of amides is 1. The third-order valence-corrected chi connectivity index (χ3v) is 6.98. The van der Waals surface area contributed by atoms with E-state index in [0.29, 0.717) is 10.0 Å². The van der Waals surface area contributed by atoms with Crippen LogP contribution >= 0.6 is 22.7 Å². The van der Waals surface area contributed by atoms with Gasteiger partial charge in [0.05, 0.1) is 21.8 Å². The molecule has 5 rings (SSSR count). The van der Waals surface area contributed by atoms with Crippen LogP contribution in [0.1, 0.15) is 26.8 Å². The highest BCUT2D eigenvalue weighted by Crippen LogP contribution is 2.32. The smallest absolute Gasteiger partial charge is 0.301 e. The van der Waals surface area contributed by atoms with E-state index in [1.165, 1.54) is 39.5 Å². The van der Waals surface area contributed by atoms with Crippen molar-refractivity contribution in [2.75, 3.05) is 18.9 Å². The van der Waals surface area contributed by atoms with Gasteiger partial charge in [0, 0.05) is 24.4 Å². The molecule has 170 valence electrons. The van der Waals surface area contributed by atoms with Crippen LogP contribution in [0.2, 0.25) is 0 Å². The number of carbonyl (C=O) groups is 1. The minimum Gasteiger partial charge on any atom is -0.301 e. The molecule has 0 fully saturated rings. The molecule has 1 amide bonds. The number of nitrogens with zero attached hydrogens (tertiary/aromatic N) is 5. The van der Waals surface area contributed by atoms with E-state index >= 15 is 0 Å². The highest BCUT2D eigenvalue weighted by molar-refractivity contribution is 7.16. The number of rotatable bonds is 4. The molecular formula is C21H17F3N6OS2. The van der Waals surface area contributed by atoms with Crippen LogP contribution in [0.15, 0.2) is 41.8 Å². The van der Waals surface area contributed by atoms with Gasteiger partial charge in [-0.2, -0.15) is 13.2 Å². The Hall–Kier alpha value is -3.09. The molecular weight excluding hydrogens is 473 g/mol. The molecule has 3 aromatic heterocycles. The number of thiazole rings is 1. The molecule has 0 saturated heterocycles. The van der Waals surface area contributed by atoms with Crippen LogP contribution in [0.3, 0.4) is 0 Å². The molecule has 12 heteroatoms. The minimum atomic E-state index is -4.50. The molecule has 1 aliphatic heterocycles. The molecule has 1 aromatic carbocycles. The van der Waals surface area contributed by atoms with Crippen molar-refractivity contribution < 1.29 is 18.0 Å². The van der Waals surface area contributed by atoms with Crippen LogP contribution in [-0.2, 0) is 19.1 Å². The number of anilines is 1. The average Bonchev–Trinajstić information content (AvgIpc) is 3.51. The van der Waals surface area contributed by atoms with Gasteiger partial charge in [-0.15, -0.1) is 27.8 Å². The normalized spacial score (nSPS) is 14.3. The molecule has 1 aliphatic rings. The number of hydrogen-bond donors (Lipinski definition) is 1. The first kappa shape index (κ1) is 21.7. The molecule has 0 saturated carbocycles. The first-order valence-electron chi connectivity index (χ1n) is 9.95. The molecule has 7 nitrogen and oxygen atoms in total. The number of benzene rings is 1. The van der Waals surface area contributed by atoms with Gasteiger partial charge in [-0.25, -0.2) is 14.6 Å². The molecule has 4 aromatic rings. The monoisotopic (exact) mass is 490 g/mol. The number of thiophene rings is 1. The number of nitrogens with one attached hydrogen (secondary N) is 1. The summed E-state index contributed by atoms with van der Waals surface area (Å²) in [5.74, 6) is -0.436. The molecule has 0 aliphatic carbocycles. The molecule has 0 bridgehead atoms. The van der Waals surface area contributed by atoms with Crippen molar-refractivity contribution in [3.8, 4) is 16.4 Å². The lowest BCUT2D eigenvalue weighted by molar-refractivity contribution is -0.137. The number of hydrogen-bond acceptors (Lipinski definition) is 7. The van der Waals surface area contributed by atoms with E-state index in [1.54, 1.807) is 12.1 Å². The van der Waals surface area contributed by atoms with E-state index in [4.69, 9.17) is 0 Å². The van der Waals surface area contributed by atoms with Gasteiger partial charge in [0.2, 0.25) is 5.82 Å². The fourth-order valence-electron chi connectivity index (χ4n) is 3.50. The summed E-state index contributed by atoms with van der Waals surface area (Å²) in [6.07, 6.45) is -3.69. The standard InChI is InChI=1S/C21H17F3N6OS2/c1-29-8-7-14-16(11-29)33-20(25-14)27-19(31)17-26-18(15-6-3-9-32-15)30(28-17)13-5-2-4-12(10-13)21(22,23)24/h2-6,9-10H,7-8,11H2,1H3,(H,25,27,31). The molecule has 4 heterocycles. The molecule has 0 radical (unpaired) electrons. The fraction of sp³-hybridized carbons (Fsp3) is 0.238.